The van der Waals surface area contributed by atoms with E-state index in [1.165, 1.54) is 23.1 Å². The molecule has 0 saturated heterocycles. The van der Waals surface area contributed by atoms with Crippen molar-refractivity contribution in [3.63, 3.8) is 0 Å². The molecule has 0 radical (unpaired) electrons. The second-order valence-electron chi connectivity index (χ2n) is 6.20. The standard InChI is InChI=1S/C19H22N6O3S2/c1-4-25-15(9-16(26)21-13-7-5-6-8-14(13)28-3)23-24-19(25)30-11-17(27)22-18-20-12(2)10-29-18/h5-8,10H,4,9,11H2,1-3H3,(H,21,26)(H,20,22,27). The minimum atomic E-state index is -0.227. The Kier molecular flexibility index (Phi) is 7.41. The summed E-state index contributed by atoms with van der Waals surface area (Å²) in [7, 11) is 1.55. The number of amides is 2. The number of aryl methyl sites for hydroxylation is 1. The molecule has 2 N–H and O–H groups in total. The summed E-state index contributed by atoms with van der Waals surface area (Å²) in [6.07, 6.45) is 0.0596. The molecule has 2 heterocycles. The van der Waals surface area contributed by atoms with Gasteiger partial charge in [0.25, 0.3) is 0 Å². The highest BCUT2D eigenvalue weighted by molar-refractivity contribution is 7.99. The van der Waals surface area contributed by atoms with E-state index in [-0.39, 0.29) is 24.0 Å². The number of para-hydroxylation sites is 2. The van der Waals surface area contributed by atoms with Gasteiger partial charge in [-0.1, -0.05) is 23.9 Å². The Morgan fingerprint density at radius 3 is 2.70 bits per heavy atom. The zero-order chi connectivity index (χ0) is 21.5. The summed E-state index contributed by atoms with van der Waals surface area (Å²) in [6, 6.07) is 7.19. The molecule has 0 bridgehead atoms. The molecule has 0 aliphatic rings. The third kappa shape index (κ3) is 5.57. The number of hydrogen-bond acceptors (Lipinski definition) is 8. The van der Waals surface area contributed by atoms with E-state index in [9.17, 15) is 9.59 Å². The van der Waals surface area contributed by atoms with Crippen LogP contribution in [0, 0.1) is 6.92 Å². The van der Waals surface area contributed by atoms with Gasteiger partial charge in [0.05, 0.1) is 30.7 Å². The zero-order valence-corrected chi connectivity index (χ0v) is 18.5. The molecule has 9 nitrogen and oxygen atoms in total. The van der Waals surface area contributed by atoms with Gasteiger partial charge in [0.2, 0.25) is 11.8 Å². The minimum absolute atomic E-state index is 0.0596. The third-order valence-electron chi connectivity index (χ3n) is 4.01. The van der Waals surface area contributed by atoms with Crippen LogP contribution in [0.15, 0.2) is 34.8 Å². The van der Waals surface area contributed by atoms with E-state index in [2.05, 4.69) is 25.8 Å². The average Bonchev–Trinajstić information content (AvgIpc) is 3.31. The molecule has 0 spiro atoms. The van der Waals surface area contributed by atoms with Gasteiger partial charge in [-0.05, 0) is 26.0 Å². The van der Waals surface area contributed by atoms with Gasteiger partial charge >= 0.3 is 0 Å². The van der Waals surface area contributed by atoms with E-state index in [0.29, 0.717) is 34.1 Å². The highest BCUT2D eigenvalue weighted by Crippen LogP contribution is 2.24. The van der Waals surface area contributed by atoms with Gasteiger partial charge in [0.1, 0.15) is 11.6 Å². The average molecular weight is 447 g/mol. The molecular weight excluding hydrogens is 424 g/mol. The summed E-state index contributed by atoms with van der Waals surface area (Å²) >= 11 is 2.65. The first-order valence-electron chi connectivity index (χ1n) is 9.19. The van der Waals surface area contributed by atoms with E-state index < -0.39 is 0 Å². The molecule has 0 fully saturated rings. The number of anilines is 2. The second kappa shape index (κ2) is 10.2. The van der Waals surface area contributed by atoms with Crippen molar-refractivity contribution in [3.05, 3.63) is 41.2 Å². The molecule has 0 aliphatic carbocycles. The first kappa shape index (κ1) is 21.8. The van der Waals surface area contributed by atoms with Crippen LogP contribution in [0.2, 0.25) is 0 Å². The highest BCUT2D eigenvalue weighted by atomic mass is 32.2. The lowest BCUT2D eigenvalue weighted by Crippen LogP contribution is -2.18. The number of carbonyl (C=O) groups is 2. The summed E-state index contributed by atoms with van der Waals surface area (Å²) in [5.41, 5.74) is 1.46. The maximum absolute atomic E-state index is 12.5. The maximum Gasteiger partial charge on any atom is 0.236 e. The van der Waals surface area contributed by atoms with Crippen LogP contribution >= 0.6 is 23.1 Å². The smallest absolute Gasteiger partial charge is 0.236 e. The number of thiazole rings is 1. The van der Waals surface area contributed by atoms with Crippen LogP contribution in [-0.2, 0) is 22.6 Å². The number of thioether (sulfide) groups is 1. The molecule has 158 valence electrons. The van der Waals surface area contributed by atoms with Crippen LogP contribution < -0.4 is 15.4 Å². The summed E-state index contributed by atoms with van der Waals surface area (Å²) < 4.78 is 7.08. The van der Waals surface area contributed by atoms with Gasteiger partial charge in [0, 0.05) is 11.9 Å². The molecular formula is C19H22N6O3S2. The number of rotatable bonds is 9. The molecule has 2 amide bonds. The molecule has 1 aromatic carbocycles. The Balaban J connectivity index is 1.59. The van der Waals surface area contributed by atoms with E-state index in [4.69, 9.17) is 4.74 Å². The quantitative estimate of drug-likeness (QED) is 0.486. The SMILES string of the molecule is CCn1c(CC(=O)Nc2ccccc2OC)nnc1SCC(=O)Nc1nc(C)cs1. The van der Waals surface area contributed by atoms with Crippen molar-refractivity contribution in [2.75, 3.05) is 23.5 Å². The van der Waals surface area contributed by atoms with E-state index >= 15 is 0 Å². The van der Waals surface area contributed by atoms with Crippen molar-refractivity contribution in [1.82, 2.24) is 19.7 Å². The predicted molar refractivity (Wildman–Crippen MR) is 117 cm³/mol. The van der Waals surface area contributed by atoms with Crippen molar-refractivity contribution in [1.29, 1.82) is 0 Å². The summed E-state index contributed by atoms with van der Waals surface area (Å²) in [5, 5.41) is 16.9. The Hall–Kier alpha value is -2.92. The molecule has 3 aromatic rings. The molecule has 30 heavy (non-hydrogen) atoms. The molecule has 0 unspecified atom stereocenters. The fraction of sp³-hybridized carbons (Fsp3) is 0.316. The number of nitrogens with zero attached hydrogens (tertiary/aromatic N) is 4. The lowest BCUT2D eigenvalue weighted by Gasteiger charge is -2.10. The molecule has 11 heteroatoms. The van der Waals surface area contributed by atoms with Crippen LogP contribution in [-0.4, -0.2) is 44.4 Å². The number of nitrogens with one attached hydrogen (secondary N) is 2. The Bertz CT molecular complexity index is 1030. The maximum atomic E-state index is 12.5. The first-order valence-corrected chi connectivity index (χ1v) is 11.1. The van der Waals surface area contributed by atoms with Crippen LogP contribution in [0.25, 0.3) is 0 Å². The van der Waals surface area contributed by atoms with E-state index in [1.54, 1.807) is 19.2 Å². The van der Waals surface area contributed by atoms with Gasteiger partial charge in [-0.2, -0.15) is 0 Å². The number of methoxy groups -OCH3 is 1. The topological polar surface area (TPSA) is 111 Å². The minimum Gasteiger partial charge on any atom is -0.495 e. The molecule has 2 aromatic heterocycles. The van der Waals surface area contributed by atoms with Crippen LogP contribution in [0.5, 0.6) is 5.75 Å². The van der Waals surface area contributed by atoms with Gasteiger partial charge in [-0.3, -0.25) is 9.59 Å². The second-order valence-corrected chi connectivity index (χ2v) is 8.00. The summed E-state index contributed by atoms with van der Waals surface area (Å²) in [4.78, 5) is 28.8. The van der Waals surface area contributed by atoms with Crippen LogP contribution in [0.1, 0.15) is 18.4 Å². The van der Waals surface area contributed by atoms with Crippen LogP contribution in [0.4, 0.5) is 10.8 Å². The van der Waals surface area contributed by atoms with Crippen molar-refractivity contribution in [3.8, 4) is 5.75 Å². The fourth-order valence-electron chi connectivity index (χ4n) is 2.66. The summed E-state index contributed by atoms with van der Waals surface area (Å²) in [6.45, 7) is 4.39. The van der Waals surface area contributed by atoms with Gasteiger partial charge in [-0.15, -0.1) is 21.5 Å². The Labute approximate surface area is 182 Å². The van der Waals surface area contributed by atoms with Crippen molar-refractivity contribution in [2.45, 2.75) is 32.0 Å². The third-order valence-corrected chi connectivity index (χ3v) is 5.85. The zero-order valence-electron chi connectivity index (χ0n) is 16.8. The number of ether oxygens (including phenoxy) is 1. The predicted octanol–water partition coefficient (Wildman–Crippen LogP) is 2.98. The fourth-order valence-corrected chi connectivity index (χ4v) is 4.18. The van der Waals surface area contributed by atoms with Crippen molar-refractivity contribution < 1.29 is 14.3 Å². The van der Waals surface area contributed by atoms with Crippen LogP contribution in [0.3, 0.4) is 0 Å². The van der Waals surface area contributed by atoms with Crippen molar-refractivity contribution >= 4 is 45.7 Å². The van der Waals surface area contributed by atoms with Gasteiger partial charge in [0.15, 0.2) is 10.3 Å². The summed E-state index contributed by atoms with van der Waals surface area (Å²) in [5.74, 6) is 0.888. The first-order chi connectivity index (χ1) is 14.5. The molecule has 0 atom stereocenters. The van der Waals surface area contributed by atoms with E-state index in [1.807, 2.05) is 35.9 Å². The largest absolute Gasteiger partial charge is 0.495 e. The number of aromatic nitrogens is 4. The highest BCUT2D eigenvalue weighted by Gasteiger charge is 2.17. The lowest BCUT2D eigenvalue weighted by atomic mass is 10.2. The lowest BCUT2D eigenvalue weighted by molar-refractivity contribution is -0.116. The number of benzene rings is 1. The number of hydrogen-bond donors (Lipinski definition) is 2. The monoisotopic (exact) mass is 446 g/mol. The van der Waals surface area contributed by atoms with Crippen molar-refractivity contribution in [2.24, 2.45) is 0 Å². The van der Waals surface area contributed by atoms with E-state index in [0.717, 1.165) is 5.69 Å². The molecule has 3 rings (SSSR count). The Morgan fingerprint density at radius 1 is 1.20 bits per heavy atom. The van der Waals surface area contributed by atoms with Gasteiger partial charge in [-0.25, -0.2) is 4.98 Å². The molecule has 0 saturated carbocycles. The normalized spacial score (nSPS) is 10.6. The van der Waals surface area contributed by atoms with Gasteiger partial charge < -0.3 is 19.9 Å². The Morgan fingerprint density at radius 2 is 2.00 bits per heavy atom. The number of carbonyl (C=O) groups excluding carboxylic acids is 2. The molecule has 0 aliphatic heterocycles.